The Hall–Kier alpha value is -2.08. The van der Waals surface area contributed by atoms with Gasteiger partial charge in [-0.2, -0.15) is 0 Å². The van der Waals surface area contributed by atoms with Gasteiger partial charge in [-0.1, -0.05) is 69.7 Å². The maximum Gasteiger partial charge on any atom is 0.191 e. The Bertz CT molecular complexity index is 857. The second kappa shape index (κ2) is 12.4. The smallest absolute Gasteiger partial charge is 0.191 e. The summed E-state index contributed by atoms with van der Waals surface area (Å²) in [6.45, 7) is 17.8. The van der Waals surface area contributed by atoms with Crippen LogP contribution in [0.5, 0.6) is 5.75 Å². The van der Waals surface area contributed by atoms with Gasteiger partial charge >= 0.3 is 0 Å². The van der Waals surface area contributed by atoms with Gasteiger partial charge < -0.3 is 19.2 Å². The molecular formula is C28H43NO3Si. The molecule has 0 aliphatic carbocycles. The number of ether oxygens (including phenoxy) is 2. The molecule has 2 unspecified atom stereocenters. The maximum absolute atomic E-state index is 6.56. The first-order valence-corrected chi connectivity index (χ1v) is 14.8. The van der Waals surface area contributed by atoms with Gasteiger partial charge in [-0.15, -0.1) is 0 Å². The van der Waals surface area contributed by atoms with Crippen LogP contribution in [-0.2, 0) is 15.8 Å². The SMILES string of the molecule is COc1ccc(NC(C(C)=CCOCc2ccccc2)C(C)CO[Si](C)(C)C(C)(C)C)cc1. The highest BCUT2D eigenvalue weighted by Crippen LogP contribution is 2.37. The largest absolute Gasteiger partial charge is 0.497 e. The first-order chi connectivity index (χ1) is 15.5. The molecule has 2 atom stereocenters. The topological polar surface area (TPSA) is 39.7 Å². The van der Waals surface area contributed by atoms with Gasteiger partial charge in [0.1, 0.15) is 5.75 Å². The lowest BCUT2D eigenvalue weighted by Gasteiger charge is -2.38. The fraction of sp³-hybridized carbons (Fsp3) is 0.500. The third kappa shape index (κ3) is 8.65. The summed E-state index contributed by atoms with van der Waals surface area (Å²) in [6.07, 6.45) is 2.19. The minimum Gasteiger partial charge on any atom is -0.497 e. The summed E-state index contributed by atoms with van der Waals surface area (Å²) in [6, 6.07) is 18.5. The molecule has 0 aromatic heterocycles. The molecule has 0 saturated carbocycles. The summed E-state index contributed by atoms with van der Waals surface area (Å²) in [5.41, 5.74) is 3.51. The van der Waals surface area contributed by atoms with Gasteiger partial charge in [-0.25, -0.2) is 0 Å². The van der Waals surface area contributed by atoms with Gasteiger partial charge in [0.15, 0.2) is 8.32 Å². The van der Waals surface area contributed by atoms with Crippen LogP contribution >= 0.6 is 0 Å². The van der Waals surface area contributed by atoms with Crippen molar-refractivity contribution in [1.82, 2.24) is 0 Å². The second-order valence-corrected chi connectivity index (χ2v) is 15.2. The van der Waals surface area contributed by atoms with Crippen molar-refractivity contribution in [2.75, 3.05) is 25.6 Å². The predicted octanol–water partition coefficient (Wildman–Crippen LogP) is 7.30. The first kappa shape index (κ1) is 27.2. The summed E-state index contributed by atoms with van der Waals surface area (Å²) in [4.78, 5) is 0. The molecule has 0 fully saturated rings. The first-order valence-electron chi connectivity index (χ1n) is 11.9. The van der Waals surface area contributed by atoms with Crippen molar-refractivity contribution in [1.29, 1.82) is 0 Å². The van der Waals surface area contributed by atoms with Gasteiger partial charge in [-0.3, -0.25) is 0 Å². The highest BCUT2D eigenvalue weighted by molar-refractivity contribution is 6.74. The van der Waals surface area contributed by atoms with Crippen molar-refractivity contribution < 1.29 is 13.9 Å². The minimum absolute atomic E-state index is 0.142. The van der Waals surface area contributed by atoms with E-state index < -0.39 is 8.32 Å². The molecular weight excluding hydrogens is 426 g/mol. The maximum atomic E-state index is 6.56. The number of methoxy groups -OCH3 is 1. The molecule has 33 heavy (non-hydrogen) atoms. The number of anilines is 1. The Morgan fingerprint density at radius 1 is 1.03 bits per heavy atom. The predicted molar refractivity (Wildman–Crippen MR) is 143 cm³/mol. The Morgan fingerprint density at radius 2 is 1.67 bits per heavy atom. The quantitative estimate of drug-likeness (QED) is 0.201. The molecule has 5 heteroatoms. The molecule has 0 radical (unpaired) electrons. The van der Waals surface area contributed by atoms with Crippen LogP contribution in [0.1, 0.15) is 40.2 Å². The van der Waals surface area contributed by atoms with E-state index in [0.717, 1.165) is 18.0 Å². The average Bonchev–Trinajstić information content (AvgIpc) is 2.79. The standard InChI is InChI=1S/C28H43NO3Si/c1-22(18-19-31-21-24-12-10-9-11-13-24)27(29-25-14-16-26(30-6)17-15-25)23(2)20-32-33(7,8)28(3,4)5/h9-18,23,27,29H,19-21H2,1-8H3. The van der Waals surface area contributed by atoms with Crippen LogP contribution in [0.4, 0.5) is 5.69 Å². The van der Waals surface area contributed by atoms with Crippen LogP contribution in [0.2, 0.25) is 18.1 Å². The summed E-state index contributed by atoms with van der Waals surface area (Å²) in [5, 5.41) is 3.92. The molecule has 2 aromatic rings. The van der Waals surface area contributed by atoms with Gasteiger partial charge in [0.2, 0.25) is 0 Å². The number of nitrogens with one attached hydrogen (secondary N) is 1. The molecule has 0 aliphatic heterocycles. The number of rotatable bonds is 12. The highest BCUT2D eigenvalue weighted by Gasteiger charge is 2.37. The van der Waals surface area contributed by atoms with Crippen molar-refractivity contribution >= 4 is 14.0 Å². The molecule has 0 aliphatic rings. The monoisotopic (exact) mass is 469 g/mol. The summed E-state index contributed by atoms with van der Waals surface area (Å²) in [5.74, 6) is 1.15. The van der Waals surface area contributed by atoms with E-state index in [-0.39, 0.29) is 11.1 Å². The number of hydrogen-bond donors (Lipinski definition) is 1. The number of benzene rings is 2. The average molecular weight is 470 g/mol. The zero-order valence-corrected chi connectivity index (χ0v) is 22.8. The lowest BCUT2D eigenvalue weighted by atomic mass is 9.95. The minimum atomic E-state index is -1.81. The fourth-order valence-electron chi connectivity index (χ4n) is 3.29. The van der Waals surface area contributed by atoms with E-state index in [0.29, 0.717) is 19.1 Å². The van der Waals surface area contributed by atoms with Gasteiger partial charge in [-0.05, 0) is 54.9 Å². The molecule has 0 amide bonds. The van der Waals surface area contributed by atoms with Crippen LogP contribution in [-0.4, -0.2) is 34.7 Å². The summed E-state index contributed by atoms with van der Waals surface area (Å²) >= 11 is 0. The van der Waals surface area contributed by atoms with Gasteiger partial charge in [0.05, 0.1) is 26.4 Å². The van der Waals surface area contributed by atoms with Crippen molar-refractivity contribution in [2.24, 2.45) is 5.92 Å². The highest BCUT2D eigenvalue weighted by atomic mass is 28.4. The van der Waals surface area contributed by atoms with Crippen molar-refractivity contribution in [2.45, 2.75) is 65.4 Å². The van der Waals surface area contributed by atoms with Crippen LogP contribution < -0.4 is 10.1 Å². The van der Waals surface area contributed by atoms with E-state index in [2.05, 4.69) is 83.4 Å². The lowest BCUT2D eigenvalue weighted by Crippen LogP contribution is -2.43. The van der Waals surface area contributed by atoms with Gasteiger partial charge in [0, 0.05) is 18.2 Å². The molecule has 0 saturated heterocycles. The van der Waals surface area contributed by atoms with E-state index in [9.17, 15) is 0 Å². The van der Waals surface area contributed by atoms with E-state index in [1.807, 2.05) is 30.3 Å². The van der Waals surface area contributed by atoms with E-state index in [4.69, 9.17) is 13.9 Å². The zero-order chi connectivity index (χ0) is 24.5. The van der Waals surface area contributed by atoms with E-state index in [1.54, 1.807) is 7.11 Å². The van der Waals surface area contributed by atoms with E-state index >= 15 is 0 Å². The second-order valence-electron chi connectivity index (χ2n) is 10.3. The van der Waals surface area contributed by atoms with Gasteiger partial charge in [0.25, 0.3) is 0 Å². The Kier molecular flexibility index (Phi) is 10.2. The molecule has 4 nitrogen and oxygen atoms in total. The Morgan fingerprint density at radius 3 is 2.24 bits per heavy atom. The van der Waals surface area contributed by atoms with Crippen LogP contribution in [0, 0.1) is 5.92 Å². The van der Waals surface area contributed by atoms with E-state index in [1.165, 1.54) is 11.1 Å². The Labute approximate surface area is 202 Å². The summed E-state index contributed by atoms with van der Waals surface area (Å²) in [7, 11) is -0.122. The Balaban J connectivity index is 2.08. The molecule has 2 rings (SSSR count). The lowest BCUT2D eigenvalue weighted by molar-refractivity contribution is 0.148. The van der Waals surface area contributed by atoms with Crippen molar-refractivity contribution in [3.8, 4) is 5.75 Å². The molecule has 0 bridgehead atoms. The molecule has 0 spiro atoms. The molecule has 0 heterocycles. The summed E-state index contributed by atoms with van der Waals surface area (Å²) < 4.78 is 17.8. The molecule has 2 aromatic carbocycles. The van der Waals surface area contributed by atoms with Crippen molar-refractivity contribution in [3.05, 3.63) is 71.8 Å². The zero-order valence-electron chi connectivity index (χ0n) is 21.8. The van der Waals surface area contributed by atoms with Crippen LogP contribution in [0.15, 0.2) is 66.2 Å². The van der Waals surface area contributed by atoms with Crippen LogP contribution in [0.25, 0.3) is 0 Å². The number of hydrogen-bond acceptors (Lipinski definition) is 4. The molecule has 182 valence electrons. The van der Waals surface area contributed by atoms with Crippen molar-refractivity contribution in [3.63, 3.8) is 0 Å². The van der Waals surface area contributed by atoms with Crippen LogP contribution in [0.3, 0.4) is 0 Å². The normalized spacial score (nSPS) is 14.6. The third-order valence-corrected chi connectivity index (χ3v) is 11.1. The fourth-order valence-corrected chi connectivity index (χ4v) is 4.41. The third-order valence-electron chi connectivity index (χ3n) is 6.62. The molecule has 1 N–H and O–H groups in total.